The minimum atomic E-state index is -0.265. The molecule has 1 aliphatic rings. The van der Waals surface area contributed by atoms with Crippen molar-refractivity contribution in [1.82, 2.24) is 10.3 Å². The summed E-state index contributed by atoms with van der Waals surface area (Å²) in [5, 5.41) is 3.35. The van der Waals surface area contributed by atoms with Crippen LogP contribution in [0.25, 0.3) is 0 Å². The lowest BCUT2D eigenvalue weighted by molar-refractivity contribution is -0.118. The number of aromatic nitrogens is 1. The molecule has 1 fully saturated rings. The maximum atomic E-state index is 10.7. The van der Waals surface area contributed by atoms with Gasteiger partial charge in [0.2, 0.25) is 5.91 Å². The van der Waals surface area contributed by atoms with Crippen molar-refractivity contribution in [2.24, 2.45) is 5.73 Å². The Bertz CT molecular complexity index is 395. The van der Waals surface area contributed by atoms with Gasteiger partial charge in [0.05, 0.1) is 0 Å². The topological polar surface area (TPSA) is 68.0 Å². The van der Waals surface area contributed by atoms with Gasteiger partial charge in [0, 0.05) is 23.7 Å². The van der Waals surface area contributed by atoms with Crippen LogP contribution in [0.1, 0.15) is 36.6 Å². The summed E-state index contributed by atoms with van der Waals surface area (Å²) in [6, 6.07) is 6.08. The number of pyridine rings is 1. The minimum Gasteiger partial charge on any atom is -0.370 e. The van der Waals surface area contributed by atoms with Gasteiger partial charge in [0.15, 0.2) is 0 Å². The lowest BCUT2D eigenvalue weighted by Crippen LogP contribution is -2.27. The second-order valence-corrected chi connectivity index (χ2v) is 4.54. The molecule has 1 aromatic rings. The van der Waals surface area contributed by atoms with Crippen molar-refractivity contribution in [3.05, 3.63) is 29.6 Å². The van der Waals surface area contributed by atoms with E-state index in [9.17, 15) is 4.79 Å². The van der Waals surface area contributed by atoms with Crippen LogP contribution in [-0.2, 0) is 11.2 Å². The van der Waals surface area contributed by atoms with E-state index in [1.54, 1.807) is 0 Å². The summed E-state index contributed by atoms with van der Waals surface area (Å²) in [5.74, 6) is 0.295. The Labute approximate surface area is 126 Å². The molecule has 4 nitrogen and oxygen atoms in total. The largest absolute Gasteiger partial charge is 0.370 e. The summed E-state index contributed by atoms with van der Waals surface area (Å²) < 4.78 is 0. The minimum absolute atomic E-state index is 0. The van der Waals surface area contributed by atoms with Crippen LogP contribution in [-0.4, -0.2) is 24.0 Å². The van der Waals surface area contributed by atoms with Gasteiger partial charge in [-0.1, -0.05) is 6.07 Å². The summed E-state index contributed by atoms with van der Waals surface area (Å²) in [6.45, 7) is 2.13. The lowest BCUT2D eigenvalue weighted by atomic mass is 9.94. The molecule has 0 atom stereocenters. The number of carbonyl (C=O) groups is 1. The predicted octanol–water partition coefficient (Wildman–Crippen LogP) is 1.81. The van der Waals surface area contributed by atoms with Crippen LogP contribution in [0.5, 0.6) is 0 Å². The zero-order valence-corrected chi connectivity index (χ0v) is 12.4. The van der Waals surface area contributed by atoms with Gasteiger partial charge < -0.3 is 11.1 Å². The number of carbonyl (C=O) groups excluding carboxylic acids is 1. The molecule has 3 N–H and O–H groups in total. The van der Waals surface area contributed by atoms with Crippen LogP contribution in [0.15, 0.2) is 18.2 Å². The van der Waals surface area contributed by atoms with Gasteiger partial charge in [-0.2, -0.15) is 0 Å². The van der Waals surface area contributed by atoms with Crippen molar-refractivity contribution in [2.45, 2.75) is 31.6 Å². The molecule has 2 rings (SSSR count). The van der Waals surface area contributed by atoms with Crippen LogP contribution in [0, 0.1) is 0 Å². The number of nitrogens with one attached hydrogen (secondary N) is 1. The number of piperidine rings is 1. The average Bonchev–Trinajstić information content (AvgIpc) is 2.38. The maximum Gasteiger partial charge on any atom is 0.217 e. The quantitative estimate of drug-likeness (QED) is 0.891. The van der Waals surface area contributed by atoms with E-state index in [1.807, 2.05) is 12.1 Å². The Kier molecular flexibility index (Phi) is 8.72. The number of amides is 1. The SMILES string of the molecule is Cl.Cl.NC(=O)CCc1cccc(C2CCNCC2)n1. The Hall–Kier alpha value is -0.840. The fraction of sp³-hybridized carbons (Fsp3) is 0.538. The first-order chi connectivity index (χ1) is 8.25. The molecule has 1 aromatic heterocycles. The first-order valence-corrected chi connectivity index (χ1v) is 6.20. The highest BCUT2D eigenvalue weighted by Crippen LogP contribution is 2.23. The molecule has 108 valence electrons. The van der Waals surface area contributed by atoms with E-state index in [-0.39, 0.29) is 30.7 Å². The van der Waals surface area contributed by atoms with Crippen molar-refractivity contribution in [3.63, 3.8) is 0 Å². The van der Waals surface area contributed by atoms with Gasteiger partial charge in [0.25, 0.3) is 0 Å². The van der Waals surface area contributed by atoms with Crippen LogP contribution in [0.4, 0.5) is 0 Å². The number of primary amides is 1. The number of nitrogens with two attached hydrogens (primary N) is 1. The Morgan fingerprint density at radius 3 is 2.63 bits per heavy atom. The predicted molar refractivity (Wildman–Crippen MR) is 81.1 cm³/mol. The third-order valence-electron chi connectivity index (χ3n) is 3.21. The van der Waals surface area contributed by atoms with E-state index in [0.29, 0.717) is 18.8 Å². The van der Waals surface area contributed by atoms with Crippen molar-refractivity contribution in [2.75, 3.05) is 13.1 Å². The van der Waals surface area contributed by atoms with Crippen molar-refractivity contribution >= 4 is 30.7 Å². The molecule has 1 aliphatic heterocycles. The first-order valence-electron chi connectivity index (χ1n) is 6.20. The number of aryl methyl sites for hydroxylation is 1. The molecule has 0 aliphatic carbocycles. The second-order valence-electron chi connectivity index (χ2n) is 4.54. The van der Waals surface area contributed by atoms with E-state index in [1.165, 1.54) is 0 Å². The number of rotatable bonds is 4. The van der Waals surface area contributed by atoms with Gasteiger partial charge in [-0.05, 0) is 44.5 Å². The molecule has 0 saturated carbocycles. The Balaban J connectivity index is 0.00000162. The van der Waals surface area contributed by atoms with Gasteiger partial charge >= 0.3 is 0 Å². The number of halogens is 2. The van der Waals surface area contributed by atoms with E-state index < -0.39 is 0 Å². The smallest absolute Gasteiger partial charge is 0.217 e. The van der Waals surface area contributed by atoms with E-state index in [2.05, 4.69) is 16.4 Å². The zero-order chi connectivity index (χ0) is 12.1. The molecule has 6 heteroatoms. The normalized spacial score (nSPS) is 15.2. The van der Waals surface area contributed by atoms with Crippen LogP contribution >= 0.6 is 24.8 Å². The molecule has 0 spiro atoms. The Morgan fingerprint density at radius 1 is 1.32 bits per heavy atom. The summed E-state index contributed by atoms with van der Waals surface area (Å²) in [5.41, 5.74) is 7.28. The molecule has 1 saturated heterocycles. The van der Waals surface area contributed by atoms with Gasteiger partial charge in [-0.25, -0.2) is 0 Å². The molecule has 0 radical (unpaired) electrons. The highest BCUT2D eigenvalue weighted by molar-refractivity contribution is 5.85. The number of hydrogen-bond donors (Lipinski definition) is 2. The van der Waals surface area contributed by atoms with Crippen LogP contribution in [0.2, 0.25) is 0 Å². The van der Waals surface area contributed by atoms with Crippen LogP contribution in [0.3, 0.4) is 0 Å². The summed E-state index contributed by atoms with van der Waals surface area (Å²) in [6.07, 6.45) is 3.31. The van der Waals surface area contributed by atoms with Crippen molar-refractivity contribution in [3.8, 4) is 0 Å². The fourth-order valence-electron chi connectivity index (χ4n) is 2.23. The molecule has 0 aromatic carbocycles. The molecular weight excluding hydrogens is 285 g/mol. The third-order valence-corrected chi connectivity index (χ3v) is 3.21. The molecule has 19 heavy (non-hydrogen) atoms. The average molecular weight is 306 g/mol. The van der Waals surface area contributed by atoms with Gasteiger partial charge in [-0.15, -0.1) is 24.8 Å². The standard InChI is InChI=1S/C13H19N3O.2ClH/c14-13(17)5-4-11-2-1-3-12(16-11)10-6-8-15-9-7-10;;/h1-3,10,15H,4-9H2,(H2,14,17);2*1H. The highest BCUT2D eigenvalue weighted by atomic mass is 35.5. The first kappa shape index (κ1) is 18.2. The molecule has 0 bridgehead atoms. The fourth-order valence-corrected chi connectivity index (χ4v) is 2.23. The van der Waals surface area contributed by atoms with Crippen molar-refractivity contribution < 1.29 is 4.79 Å². The van der Waals surface area contributed by atoms with Gasteiger partial charge in [0.1, 0.15) is 0 Å². The lowest BCUT2D eigenvalue weighted by Gasteiger charge is -2.22. The highest BCUT2D eigenvalue weighted by Gasteiger charge is 2.16. The number of nitrogens with zero attached hydrogens (tertiary/aromatic N) is 1. The summed E-state index contributed by atoms with van der Waals surface area (Å²) in [7, 11) is 0. The van der Waals surface area contributed by atoms with Crippen LogP contribution < -0.4 is 11.1 Å². The zero-order valence-electron chi connectivity index (χ0n) is 10.8. The second kappa shape index (κ2) is 9.13. The molecule has 0 unspecified atom stereocenters. The summed E-state index contributed by atoms with van der Waals surface area (Å²) in [4.78, 5) is 15.4. The monoisotopic (exact) mass is 305 g/mol. The van der Waals surface area contributed by atoms with E-state index in [4.69, 9.17) is 5.73 Å². The van der Waals surface area contributed by atoms with E-state index in [0.717, 1.165) is 37.3 Å². The van der Waals surface area contributed by atoms with Crippen molar-refractivity contribution in [1.29, 1.82) is 0 Å². The molecule has 1 amide bonds. The summed E-state index contributed by atoms with van der Waals surface area (Å²) >= 11 is 0. The number of hydrogen-bond acceptors (Lipinski definition) is 3. The third kappa shape index (κ3) is 5.76. The molecule has 2 heterocycles. The maximum absolute atomic E-state index is 10.7. The Morgan fingerprint density at radius 2 is 2.00 bits per heavy atom. The van der Waals surface area contributed by atoms with Gasteiger partial charge in [-0.3, -0.25) is 9.78 Å². The van der Waals surface area contributed by atoms with E-state index >= 15 is 0 Å². The molecular formula is C13H21Cl2N3O.